The number of carbonyl (C=O) groups excluding carboxylic acids is 1. The van der Waals surface area contributed by atoms with E-state index in [0.29, 0.717) is 12.8 Å². The van der Waals surface area contributed by atoms with Crippen LogP contribution in [0.15, 0.2) is 0 Å². The molecule has 1 amide bonds. The van der Waals surface area contributed by atoms with Gasteiger partial charge in [-0.05, 0) is 18.3 Å². The zero-order valence-corrected chi connectivity index (χ0v) is 9.69. The van der Waals surface area contributed by atoms with Crippen LogP contribution in [0.4, 0.5) is 13.2 Å². The highest BCUT2D eigenvalue weighted by Gasteiger charge is 2.42. The summed E-state index contributed by atoms with van der Waals surface area (Å²) in [6.07, 6.45) is -3.75. The van der Waals surface area contributed by atoms with E-state index in [2.05, 4.69) is 0 Å². The molecule has 0 aliphatic rings. The Kier molecular flexibility index (Phi) is 5.25. The maximum atomic E-state index is 12.0. The van der Waals surface area contributed by atoms with Crippen LogP contribution in [0.3, 0.4) is 0 Å². The summed E-state index contributed by atoms with van der Waals surface area (Å²) in [4.78, 5) is 10.8. The molecule has 0 unspecified atom stereocenters. The van der Waals surface area contributed by atoms with Crippen LogP contribution in [-0.4, -0.2) is 29.8 Å². The average molecular weight is 241 g/mol. The number of alkyl halides is 3. The standard InChI is InChI=1S/C10H18F3NO2/c1-4-9(3,5-2)7(6-15)14-8(16)10(11,12)13/h7,15H,4-6H2,1-3H3,(H,14,16)/t7-/m1/s1. The van der Waals surface area contributed by atoms with E-state index < -0.39 is 30.1 Å². The summed E-state index contributed by atoms with van der Waals surface area (Å²) in [7, 11) is 0. The maximum absolute atomic E-state index is 12.0. The normalized spacial score (nSPS) is 14.7. The molecule has 0 aromatic carbocycles. The van der Waals surface area contributed by atoms with Crippen molar-refractivity contribution in [1.29, 1.82) is 0 Å². The van der Waals surface area contributed by atoms with E-state index in [1.54, 1.807) is 6.92 Å². The Hall–Kier alpha value is -0.780. The van der Waals surface area contributed by atoms with E-state index in [1.165, 1.54) is 0 Å². The third-order valence-corrected chi connectivity index (χ3v) is 3.20. The lowest BCUT2D eigenvalue weighted by Crippen LogP contribution is -2.52. The monoisotopic (exact) mass is 241 g/mol. The highest BCUT2D eigenvalue weighted by atomic mass is 19.4. The Labute approximate surface area is 93.0 Å². The minimum absolute atomic E-state index is 0.500. The van der Waals surface area contributed by atoms with Crippen molar-refractivity contribution < 1.29 is 23.1 Å². The summed E-state index contributed by atoms with van der Waals surface area (Å²) in [6, 6.07) is -0.878. The number of hydrogen-bond donors (Lipinski definition) is 2. The van der Waals surface area contributed by atoms with Crippen LogP contribution in [0, 0.1) is 5.41 Å². The lowest BCUT2D eigenvalue weighted by Gasteiger charge is -2.35. The fraction of sp³-hybridized carbons (Fsp3) is 0.900. The van der Waals surface area contributed by atoms with Crippen molar-refractivity contribution >= 4 is 5.91 Å². The zero-order valence-electron chi connectivity index (χ0n) is 9.69. The van der Waals surface area contributed by atoms with Crippen molar-refractivity contribution in [3.8, 4) is 0 Å². The molecule has 0 aliphatic heterocycles. The van der Waals surface area contributed by atoms with Gasteiger partial charge in [0, 0.05) is 0 Å². The van der Waals surface area contributed by atoms with Gasteiger partial charge in [-0.3, -0.25) is 4.79 Å². The van der Waals surface area contributed by atoms with Crippen molar-refractivity contribution in [1.82, 2.24) is 5.32 Å². The topological polar surface area (TPSA) is 49.3 Å². The molecule has 16 heavy (non-hydrogen) atoms. The van der Waals surface area contributed by atoms with Gasteiger partial charge in [-0.1, -0.05) is 20.8 Å². The average Bonchev–Trinajstić information content (AvgIpc) is 2.23. The fourth-order valence-electron chi connectivity index (χ4n) is 1.42. The molecule has 1 atom stereocenters. The molecule has 2 N–H and O–H groups in total. The minimum Gasteiger partial charge on any atom is -0.394 e. The molecular weight excluding hydrogens is 223 g/mol. The molecule has 0 fully saturated rings. The molecule has 0 rings (SSSR count). The Balaban J connectivity index is 4.71. The quantitative estimate of drug-likeness (QED) is 0.771. The second kappa shape index (κ2) is 5.52. The van der Waals surface area contributed by atoms with Crippen molar-refractivity contribution in [3.63, 3.8) is 0 Å². The number of aliphatic hydroxyl groups is 1. The summed E-state index contributed by atoms with van der Waals surface area (Å²) in [6.45, 7) is 4.86. The predicted octanol–water partition coefficient (Wildman–Crippen LogP) is 1.85. The predicted molar refractivity (Wildman–Crippen MR) is 53.8 cm³/mol. The van der Waals surface area contributed by atoms with E-state index >= 15 is 0 Å². The molecule has 0 saturated carbocycles. The third-order valence-electron chi connectivity index (χ3n) is 3.20. The second-order valence-corrected chi connectivity index (χ2v) is 4.07. The smallest absolute Gasteiger partial charge is 0.394 e. The first kappa shape index (κ1) is 15.2. The van der Waals surface area contributed by atoms with Crippen LogP contribution in [0.5, 0.6) is 0 Å². The number of amides is 1. The van der Waals surface area contributed by atoms with Gasteiger partial charge in [0.25, 0.3) is 0 Å². The second-order valence-electron chi connectivity index (χ2n) is 4.07. The van der Waals surface area contributed by atoms with Crippen molar-refractivity contribution in [2.75, 3.05) is 6.61 Å². The van der Waals surface area contributed by atoms with E-state index in [0.717, 1.165) is 0 Å². The van der Waals surface area contributed by atoms with Crippen molar-refractivity contribution in [2.45, 2.75) is 45.8 Å². The lowest BCUT2D eigenvalue weighted by atomic mass is 9.77. The first-order valence-electron chi connectivity index (χ1n) is 5.19. The van der Waals surface area contributed by atoms with E-state index in [-0.39, 0.29) is 0 Å². The van der Waals surface area contributed by atoms with Gasteiger partial charge in [0.15, 0.2) is 0 Å². The zero-order chi connectivity index (χ0) is 13.0. The van der Waals surface area contributed by atoms with Crippen LogP contribution in [-0.2, 0) is 4.79 Å². The Morgan fingerprint density at radius 2 is 1.75 bits per heavy atom. The number of rotatable bonds is 5. The molecular formula is C10H18F3NO2. The Bertz CT molecular complexity index is 237. The molecule has 96 valence electrons. The van der Waals surface area contributed by atoms with Crippen LogP contribution in [0.25, 0.3) is 0 Å². The SMILES string of the molecule is CCC(C)(CC)[C@@H](CO)NC(=O)C(F)(F)F. The van der Waals surface area contributed by atoms with Gasteiger partial charge in [0.05, 0.1) is 12.6 Å². The number of halogens is 3. The number of hydrogen-bond acceptors (Lipinski definition) is 2. The molecule has 6 heteroatoms. The molecule has 0 aromatic heterocycles. The summed E-state index contributed by atoms with van der Waals surface area (Å²) in [5.74, 6) is -2.00. The van der Waals surface area contributed by atoms with Gasteiger partial charge in [0.2, 0.25) is 0 Å². The van der Waals surface area contributed by atoms with Crippen LogP contribution < -0.4 is 5.32 Å². The molecule has 3 nitrogen and oxygen atoms in total. The fourth-order valence-corrected chi connectivity index (χ4v) is 1.42. The Morgan fingerprint density at radius 1 is 1.31 bits per heavy atom. The van der Waals surface area contributed by atoms with Gasteiger partial charge in [0.1, 0.15) is 0 Å². The summed E-state index contributed by atoms with van der Waals surface area (Å²) in [5.41, 5.74) is -0.532. The third kappa shape index (κ3) is 3.66. The largest absolute Gasteiger partial charge is 0.471 e. The van der Waals surface area contributed by atoms with E-state index in [9.17, 15) is 18.0 Å². The van der Waals surface area contributed by atoms with Gasteiger partial charge < -0.3 is 10.4 Å². The number of nitrogens with one attached hydrogen (secondary N) is 1. The van der Waals surface area contributed by atoms with E-state index in [4.69, 9.17) is 5.11 Å². The lowest BCUT2D eigenvalue weighted by molar-refractivity contribution is -0.175. The molecule has 0 bridgehead atoms. The summed E-state index contributed by atoms with van der Waals surface area (Å²) < 4.78 is 36.1. The van der Waals surface area contributed by atoms with Gasteiger partial charge in [-0.25, -0.2) is 0 Å². The minimum atomic E-state index is -4.91. The summed E-state index contributed by atoms with van der Waals surface area (Å²) >= 11 is 0. The Morgan fingerprint density at radius 3 is 2.00 bits per heavy atom. The molecule has 0 spiro atoms. The van der Waals surface area contributed by atoms with Crippen LogP contribution in [0.2, 0.25) is 0 Å². The number of carbonyl (C=O) groups is 1. The van der Waals surface area contributed by atoms with Crippen molar-refractivity contribution in [3.05, 3.63) is 0 Å². The first-order valence-corrected chi connectivity index (χ1v) is 5.19. The highest BCUT2D eigenvalue weighted by Crippen LogP contribution is 2.30. The molecule has 0 aromatic rings. The molecule has 0 saturated heterocycles. The van der Waals surface area contributed by atoms with Gasteiger partial charge >= 0.3 is 12.1 Å². The summed E-state index contributed by atoms with van der Waals surface area (Å²) in [5, 5.41) is 10.9. The molecule has 0 aliphatic carbocycles. The first-order chi connectivity index (χ1) is 7.21. The van der Waals surface area contributed by atoms with Crippen LogP contribution >= 0.6 is 0 Å². The van der Waals surface area contributed by atoms with Crippen LogP contribution in [0.1, 0.15) is 33.6 Å². The number of aliphatic hydroxyl groups excluding tert-OH is 1. The van der Waals surface area contributed by atoms with Gasteiger partial charge in [-0.15, -0.1) is 0 Å². The maximum Gasteiger partial charge on any atom is 0.471 e. The molecule has 0 radical (unpaired) electrons. The van der Waals surface area contributed by atoms with Crippen molar-refractivity contribution in [2.24, 2.45) is 5.41 Å². The van der Waals surface area contributed by atoms with E-state index in [1.807, 2.05) is 19.2 Å². The van der Waals surface area contributed by atoms with Gasteiger partial charge in [-0.2, -0.15) is 13.2 Å². The highest BCUT2D eigenvalue weighted by molar-refractivity contribution is 5.82. The molecule has 0 heterocycles.